The number of likely N-dealkylation sites (N-methyl/N-ethyl adjacent to an activating group) is 1. The number of carbonyl (C=O) groups excluding carboxylic acids is 4. The molecule has 3 aromatic carbocycles. The van der Waals surface area contributed by atoms with Gasteiger partial charge in [-0.15, -0.1) is 0 Å². The summed E-state index contributed by atoms with van der Waals surface area (Å²) in [6.45, 7) is 0. The lowest BCUT2D eigenvalue weighted by Crippen LogP contribution is -2.74. The van der Waals surface area contributed by atoms with Crippen LogP contribution >= 0.6 is 0 Å². The van der Waals surface area contributed by atoms with Crippen molar-refractivity contribution in [3.8, 4) is 11.5 Å². The van der Waals surface area contributed by atoms with E-state index in [4.69, 9.17) is 10.5 Å². The lowest BCUT2D eigenvalue weighted by molar-refractivity contribution is -0.188. The summed E-state index contributed by atoms with van der Waals surface area (Å²) >= 11 is 0. The van der Waals surface area contributed by atoms with Crippen LogP contribution in [0, 0.1) is 17.8 Å². The molecule has 0 aliphatic heterocycles. The highest BCUT2D eigenvalue weighted by Crippen LogP contribution is 2.56. The largest absolute Gasteiger partial charge is 0.507 e. The third-order valence-corrected chi connectivity index (χ3v) is 9.03. The fourth-order valence-electron chi connectivity index (χ4n) is 7.36. The molecule has 0 heterocycles. The molecule has 0 radical (unpaired) electrons. The molecule has 6 rings (SSSR count). The molecule has 0 saturated heterocycles. The molecule has 2 saturated carbocycles. The number of ether oxygens (including phenoxy) is 1. The highest BCUT2D eigenvalue weighted by molar-refractivity contribution is 6.30. The molecule has 5 N–H and O–H groups in total. The van der Waals surface area contributed by atoms with Crippen molar-refractivity contribution < 1.29 is 39.2 Å². The van der Waals surface area contributed by atoms with E-state index in [2.05, 4.69) is 0 Å². The van der Waals surface area contributed by atoms with E-state index in [1.165, 1.54) is 6.07 Å². The number of nitrogens with zero attached hydrogens (tertiary/aromatic N) is 1. The van der Waals surface area contributed by atoms with Gasteiger partial charge in [0.15, 0.2) is 23.0 Å². The fraction of sp³-hybridized carbons (Fsp3) is 0.379. The Morgan fingerprint density at radius 3 is 2.41 bits per heavy atom. The molecule has 3 aliphatic rings. The Morgan fingerprint density at radius 1 is 1.08 bits per heavy atom. The molecule has 3 aliphatic carbocycles. The van der Waals surface area contributed by atoms with Crippen LogP contribution in [0.2, 0.25) is 0 Å². The second-order valence-electron chi connectivity index (χ2n) is 11.0. The van der Waals surface area contributed by atoms with Gasteiger partial charge in [-0.3, -0.25) is 19.2 Å². The summed E-state index contributed by atoms with van der Waals surface area (Å²) in [7, 11) is 4.76. The number of aromatic hydroxyl groups is 1. The Morgan fingerprint density at radius 2 is 1.77 bits per heavy atom. The fourth-order valence-corrected chi connectivity index (χ4v) is 7.36. The summed E-state index contributed by atoms with van der Waals surface area (Å²) in [4.78, 5) is 55.4. The highest BCUT2D eigenvalue weighted by Gasteiger charge is 2.69. The number of hydrogen-bond acceptors (Lipinski definition) is 9. The molecule has 0 spiro atoms. The lowest BCUT2D eigenvalue weighted by Gasteiger charge is -2.54. The number of carbonyl (C=O) groups is 4. The first-order chi connectivity index (χ1) is 18.4. The van der Waals surface area contributed by atoms with Crippen molar-refractivity contribution in [2.75, 3.05) is 21.2 Å². The number of hydrogen-bond donors (Lipinski definition) is 4. The van der Waals surface area contributed by atoms with Crippen LogP contribution in [-0.2, 0) is 14.4 Å². The molecule has 3 unspecified atom stereocenters. The number of amides is 1. The quantitative estimate of drug-likeness (QED) is 0.283. The monoisotopic (exact) mass is 532 g/mol. The number of Topliss-reactive ketones (excluding diaryl/α,β-unsaturated/α-hetero) is 3. The summed E-state index contributed by atoms with van der Waals surface area (Å²) in [5.74, 6) is -8.98. The van der Waals surface area contributed by atoms with Crippen molar-refractivity contribution in [3.05, 3.63) is 47.5 Å². The van der Waals surface area contributed by atoms with Crippen LogP contribution < -0.4 is 10.5 Å². The van der Waals surface area contributed by atoms with Gasteiger partial charge in [-0.25, -0.2) is 0 Å². The number of benzene rings is 3. The van der Waals surface area contributed by atoms with Gasteiger partial charge in [-0.1, -0.05) is 18.2 Å². The van der Waals surface area contributed by atoms with Gasteiger partial charge >= 0.3 is 0 Å². The van der Waals surface area contributed by atoms with Crippen molar-refractivity contribution >= 4 is 44.8 Å². The topological polar surface area (TPSA) is 167 Å². The minimum atomic E-state index is -2.72. The SMILES string of the molecule is COc1ccc2c(c1)cc1c3c(c(O)ccc32)C(=O)C2C(=O)[C@@]3(O)C(=O)C(C(N)=O)C(O)[C@H](N(C)C)[C@H]3C[C@@H]12. The van der Waals surface area contributed by atoms with Crippen LogP contribution in [0.15, 0.2) is 36.4 Å². The molecule has 10 nitrogen and oxygen atoms in total. The van der Waals surface area contributed by atoms with Gasteiger partial charge in [-0.2, -0.15) is 0 Å². The second-order valence-corrected chi connectivity index (χ2v) is 11.0. The molecular weight excluding hydrogens is 504 g/mol. The van der Waals surface area contributed by atoms with Crippen LogP contribution in [0.3, 0.4) is 0 Å². The zero-order chi connectivity index (χ0) is 28.1. The van der Waals surface area contributed by atoms with Crippen molar-refractivity contribution in [2.24, 2.45) is 23.5 Å². The number of primary amides is 1. The van der Waals surface area contributed by atoms with E-state index in [0.29, 0.717) is 22.1 Å². The third kappa shape index (κ3) is 3.13. The average molecular weight is 533 g/mol. The summed E-state index contributed by atoms with van der Waals surface area (Å²) < 4.78 is 5.39. The number of fused-ring (bicyclic) bond motifs is 5. The van der Waals surface area contributed by atoms with Gasteiger partial charge in [-0.05, 0) is 60.4 Å². The standard InChI is InChI=1S/C29H28N2O8/c1-31(2)23-17-10-16-15-9-11-8-12(39-3)4-5-13(11)14-6-7-18(32)21(19(14)15)24(33)20(16)26(35)29(17,38)27(36)22(25(23)34)28(30)37/h4-9,16-17,20,22-23,25,32,34,38H,10H2,1-3H3,(H2,30,37)/t16-,17+,20?,22?,23+,25?,29+/m0/s1. The predicted octanol–water partition coefficient (Wildman–Crippen LogP) is 0.899. The van der Waals surface area contributed by atoms with Crippen molar-refractivity contribution in [3.63, 3.8) is 0 Å². The van der Waals surface area contributed by atoms with Crippen LogP contribution in [0.25, 0.3) is 21.5 Å². The minimum Gasteiger partial charge on any atom is -0.507 e. The van der Waals surface area contributed by atoms with Crippen molar-refractivity contribution in [2.45, 2.75) is 30.1 Å². The molecule has 0 bridgehead atoms. The first-order valence-electron chi connectivity index (χ1n) is 12.7. The number of nitrogens with two attached hydrogens (primary N) is 1. The van der Waals surface area contributed by atoms with Crippen LogP contribution in [0.4, 0.5) is 0 Å². The molecule has 0 aromatic heterocycles. The second kappa shape index (κ2) is 8.32. The third-order valence-electron chi connectivity index (χ3n) is 9.03. The van der Waals surface area contributed by atoms with Gasteiger partial charge in [0, 0.05) is 23.3 Å². The van der Waals surface area contributed by atoms with E-state index < -0.39 is 64.7 Å². The van der Waals surface area contributed by atoms with E-state index in [1.807, 2.05) is 18.2 Å². The minimum absolute atomic E-state index is 0.00452. The zero-order valence-corrected chi connectivity index (χ0v) is 21.5. The van der Waals surface area contributed by atoms with E-state index in [0.717, 1.165) is 10.8 Å². The van der Waals surface area contributed by atoms with E-state index >= 15 is 0 Å². The summed E-state index contributed by atoms with van der Waals surface area (Å²) in [5.41, 5.74) is 3.29. The van der Waals surface area contributed by atoms with Crippen LogP contribution in [0.1, 0.15) is 28.3 Å². The normalized spacial score (nSPS) is 31.9. The van der Waals surface area contributed by atoms with Gasteiger partial charge in [0.05, 0.1) is 24.7 Å². The first-order valence-corrected chi connectivity index (χ1v) is 12.7. The van der Waals surface area contributed by atoms with E-state index in [9.17, 15) is 34.5 Å². The van der Waals surface area contributed by atoms with Crippen LogP contribution in [0.5, 0.6) is 11.5 Å². The van der Waals surface area contributed by atoms with Gasteiger partial charge < -0.3 is 30.7 Å². The van der Waals surface area contributed by atoms with Crippen molar-refractivity contribution in [1.29, 1.82) is 0 Å². The van der Waals surface area contributed by atoms with Crippen LogP contribution in [-0.4, -0.2) is 82.4 Å². The number of aliphatic hydroxyl groups is 2. The molecule has 7 atom stereocenters. The van der Waals surface area contributed by atoms with Crippen molar-refractivity contribution in [1.82, 2.24) is 4.90 Å². The first kappa shape index (κ1) is 25.4. The maximum atomic E-state index is 14.1. The molecule has 202 valence electrons. The Bertz CT molecular complexity index is 1630. The average Bonchev–Trinajstić information content (AvgIpc) is 2.88. The number of phenols is 1. The number of rotatable bonds is 3. The molecule has 2 fully saturated rings. The molecule has 10 heteroatoms. The Labute approximate surface area is 222 Å². The summed E-state index contributed by atoms with van der Waals surface area (Å²) in [6.07, 6.45) is -1.56. The maximum Gasteiger partial charge on any atom is 0.230 e. The molecule has 39 heavy (non-hydrogen) atoms. The molecular formula is C29H28N2O8. The number of aliphatic hydroxyl groups excluding tert-OH is 1. The number of methoxy groups -OCH3 is 1. The Balaban J connectivity index is 1.63. The molecule has 3 aromatic rings. The van der Waals surface area contributed by atoms with Gasteiger partial charge in [0.25, 0.3) is 0 Å². The van der Waals surface area contributed by atoms with E-state index in [-0.39, 0.29) is 17.7 Å². The predicted molar refractivity (Wildman–Crippen MR) is 139 cm³/mol. The number of phenolic OH excluding ortho intramolecular Hbond substituents is 1. The Hall–Kier alpha value is -3.86. The van der Waals surface area contributed by atoms with E-state index in [1.54, 1.807) is 38.2 Å². The maximum absolute atomic E-state index is 14.1. The number of ketones is 3. The summed E-state index contributed by atoms with van der Waals surface area (Å²) in [5, 5.41) is 36.5. The Kier molecular flexibility index (Phi) is 5.42. The molecule has 1 amide bonds. The highest BCUT2D eigenvalue weighted by atomic mass is 16.5. The lowest BCUT2D eigenvalue weighted by atomic mass is 9.51. The van der Waals surface area contributed by atoms with Gasteiger partial charge in [0.2, 0.25) is 5.91 Å². The smallest absolute Gasteiger partial charge is 0.230 e. The zero-order valence-electron chi connectivity index (χ0n) is 21.5. The summed E-state index contributed by atoms with van der Waals surface area (Å²) in [6, 6.07) is 9.46. The van der Waals surface area contributed by atoms with Gasteiger partial charge in [0.1, 0.15) is 17.4 Å².